The van der Waals surface area contributed by atoms with Crippen molar-refractivity contribution in [3.8, 4) is 0 Å². The van der Waals surface area contributed by atoms with Crippen LogP contribution in [0.5, 0.6) is 0 Å². The van der Waals surface area contributed by atoms with E-state index in [1.165, 1.54) is 30.8 Å². The van der Waals surface area contributed by atoms with E-state index in [-0.39, 0.29) is 17.6 Å². The smallest absolute Gasteiger partial charge is 0.258 e. The number of aromatic nitrogens is 1. The Morgan fingerprint density at radius 1 is 1.10 bits per heavy atom. The molecule has 8 heteroatoms. The lowest BCUT2D eigenvalue weighted by molar-refractivity contribution is -0.114. The molecule has 148 valence electrons. The quantitative estimate of drug-likeness (QED) is 0.516. The minimum absolute atomic E-state index is 0.212. The van der Waals surface area contributed by atoms with Gasteiger partial charge in [0.05, 0.1) is 16.3 Å². The van der Waals surface area contributed by atoms with Crippen LogP contribution >= 0.6 is 23.4 Å². The molecule has 3 aromatic rings. The first kappa shape index (κ1) is 20.8. The van der Waals surface area contributed by atoms with E-state index in [2.05, 4.69) is 15.6 Å². The van der Waals surface area contributed by atoms with Gasteiger partial charge in [0.2, 0.25) is 5.91 Å². The van der Waals surface area contributed by atoms with Gasteiger partial charge in [-0.2, -0.15) is 0 Å². The van der Waals surface area contributed by atoms with Gasteiger partial charge in [-0.1, -0.05) is 23.7 Å². The highest BCUT2D eigenvalue weighted by Crippen LogP contribution is 2.28. The molecule has 0 spiro atoms. The molecule has 2 N–H and O–H groups in total. The molecule has 0 fully saturated rings. The average molecular weight is 430 g/mol. The van der Waals surface area contributed by atoms with Crippen LogP contribution in [-0.2, 0) is 10.5 Å². The Labute approximate surface area is 176 Å². The number of carbonyl (C=O) groups excluding carboxylic acids is 2. The van der Waals surface area contributed by atoms with Crippen molar-refractivity contribution in [2.24, 2.45) is 0 Å². The fraction of sp³-hybridized carbons (Fsp3) is 0.0952. The Kier molecular flexibility index (Phi) is 6.85. The number of amides is 2. The molecule has 3 rings (SSSR count). The van der Waals surface area contributed by atoms with Crippen molar-refractivity contribution < 1.29 is 14.0 Å². The van der Waals surface area contributed by atoms with E-state index in [4.69, 9.17) is 11.6 Å². The summed E-state index contributed by atoms with van der Waals surface area (Å²) in [6, 6.07) is 14.4. The van der Waals surface area contributed by atoms with Crippen molar-refractivity contribution in [3.05, 3.63) is 82.8 Å². The first-order valence-corrected chi connectivity index (χ1v) is 9.99. The maximum absolute atomic E-state index is 13.0. The number of halogens is 2. The second kappa shape index (κ2) is 9.54. The first-order chi connectivity index (χ1) is 13.9. The predicted octanol–water partition coefficient (Wildman–Crippen LogP) is 5.38. The van der Waals surface area contributed by atoms with E-state index >= 15 is 0 Å². The average Bonchev–Trinajstić information content (AvgIpc) is 2.69. The Balaban J connectivity index is 1.72. The van der Waals surface area contributed by atoms with Crippen molar-refractivity contribution in [3.63, 3.8) is 0 Å². The third-order valence-electron chi connectivity index (χ3n) is 3.84. The normalized spacial score (nSPS) is 10.4. The third-order valence-corrected chi connectivity index (χ3v) is 5.23. The van der Waals surface area contributed by atoms with E-state index in [1.807, 2.05) is 0 Å². The summed E-state index contributed by atoms with van der Waals surface area (Å²) in [5, 5.41) is 6.25. The van der Waals surface area contributed by atoms with Crippen molar-refractivity contribution >= 4 is 46.6 Å². The molecule has 2 amide bonds. The van der Waals surface area contributed by atoms with Crippen LogP contribution in [0.1, 0.15) is 22.8 Å². The molecule has 0 saturated carbocycles. The maximum Gasteiger partial charge on any atom is 0.258 e. The first-order valence-electron chi connectivity index (χ1n) is 8.63. The number of nitrogens with one attached hydrogen (secondary N) is 2. The molecule has 0 aliphatic heterocycles. The highest BCUT2D eigenvalue weighted by molar-refractivity contribution is 7.98. The lowest BCUT2D eigenvalue weighted by Crippen LogP contribution is -2.14. The molecule has 0 bridgehead atoms. The fourth-order valence-electron chi connectivity index (χ4n) is 2.50. The van der Waals surface area contributed by atoms with E-state index in [0.717, 1.165) is 5.56 Å². The van der Waals surface area contributed by atoms with E-state index in [0.29, 0.717) is 32.7 Å². The molecule has 0 atom stereocenters. The zero-order chi connectivity index (χ0) is 20.8. The maximum atomic E-state index is 13.0. The van der Waals surface area contributed by atoms with Crippen LogP contribution in [-0.4, -0.2) is 16.8 Å². The van der Waals surface area contributed by atoms with Crippen LogP contribution < -0.4 is 10.6 Å². The number of nitrogens with zero attached hydrogens (tertiary/aromatic N) is 1. The molecule has 0 radical (unpaired) electrons. The van der Waals surface area contributed by atoms with Gasteiger partial charge < -0.3 is 10.6 Å². The van der Waals surface area contributed by atoms with Crippen molar-refractivity contribution in [2.75, 3.05) is 10.6 Å². The molecule has 5 nitrogen and oxygen atoms in total. The summed E-state index contributed by atoms with van der Waals surface area (Å²) in [4.78, 5) is 28.2. The van der Waals surface area contributed by atoms with Crippen LogP contribution in [0, 0.1) is 5.82 Å². The largest absolute Gasteiger partial charge is 0.326 e. The monoisotopic (exact) mass is 429 g/mol. The second-order valence-corrected chi connectivity index (χ2v) is 7.47. The van der Waals surface area contributed by atoms with E-state index in [1.54, 1.807) is 48.7 Å². The SMILES string of the molecule is CC(=O)Nc1ccc(NC(=O)c2cccnc2SCc2ccc(F)cc2)c(Cl)c1. The zero-order valence-corrected chi connectivity index (χ0v) is 17.0. The number of pyridine rings is 1. The number of anilines is 2. The lowest BCUT2D eigenvalue weighted by Gasteiger charge is -2.11. The topological polar surface area (TPSA) is 71.1 Å². The molecule has 0 saturated heterocycles. The van der Waals surface area contributed by atoms with Crippen LogP contribution in [0.25, 0.3) is 0 Å². The van der Waals surface area contributed by atoms with Gasteiger partial charge in [0.15, 0.2) is 0 Å². The van der Waals surface area contributed by atoms with Crippen LogP contribution in [0.15, 0.2) is 65.8 Å². The highest BCUT2D eigenvalue weighted by Gasteiger charge is 2.15. The second-order valence-electron chi connectivity index (χ2n) is 6.10. The van der Waals surface area contributed by atoms with Gasteiger partial charge in [-0.3, -0.25) is 9.59 Å². The van der Waals surface area contributed by atoms with Gasteiger partial charge in [0.1, 0.15) is 10.8 Å². The van der Waals surface area contributed by atoms with Gasteiger partial charge in [-0.15, -0.1) is 11.8 Å². The Hall–Kier alpha value is -2.90. The highest BCUT2D eigenvalue weighted by atomic mass is 35.5. The molecule has 1 heterocycles. The van der Waals surface area contributed by atoms with Gasteiger partial charge in [0.25, 0.3) is 5.91 Å². The number of carbonyl (C=O) groups is 2. The molecular formula is C21H17ClFN3O2S. The Bertz CT molecular complexity index is 1040. The number of rotatable bonds is 6. The standard InChI is InChI=1S/C21H17ClFN3O2S/c1-13(27)25-16-8-9-19(18(22)11-16)26-20(28)17-3-2-10-24-21(17)29-12-14-4-6-15(23)7-5-14/h2-11H,12H2,1H3,(H,25,27)(H,26,28). The molecule has 0 aliphatic rings. The summed E-state index contributed by atoms with van der Waals surface area (Å²) in [5.41, 5.74) is 2.29. The number of hydrogen-bond acceptors (Lipinski definition) is 4. The molecule has 0 aliphatic carbocycles. The number of benzene rings is 2. The fourth-order valence-corrected chi connectivity index (χ4v) is 3.67. The van der Waals surface area contributed by atoms with E-state index < -0.39 is 0 Å². The van der Waals surface area contributed by atoms with Crippen molar-refractivity contribution in [1.29, 1.82) is 0 Å². The summed E-state index contributed by atoms with van der Waals surface area (Å²) in [5.74, 6) is -0.313. The van der Waals surface area contributed by atoms with Crippen LogP contribution in [0.3, 0.4) is 0 Å². The zero-order valence-electron chi connectivity index (χ0n) is 15.4. The molecule has 2 aromatic carbocycles. The molecule has 1 aromatic heterocycles. The number of thioether (sulfide) groups is 1. The van der Waals surface area contributed by atoms with Gasteiger partial charge >= 0.3 is 0 Å². The van der Waals surface area contributed by atoms with E-state index in [9.17, 15) is 14.0 Å². The number of hydrogen-bond donors (Lipinski definition) is 2. The van der Waals surface area contributed by atoms with Crippen molar-refractivity contribution in [2.45, 2.75) is 17.7 Å². The molecule has 29 heavy (non-hydrogen) atoms. The van der Waals surface area contributed by atoms with Gasteiger partial charge in [0, 0.05) is 24.6 Å². The van der Waals surface area contributed by atoms with Gasteiger partial charge in [-0.25, -0.2) is 9.37 Å². The lowest BCUT2D eigenvalue weighted by atomic mass is 10.2. The summed E-state index contributed by atoms with van der Waals surface area (Å²) < 4.78 is 13.0. The minimum atomic E-state index is -0.353. The predicted molar refractivity (Wildman–Crippen MR) is 114 cm³/mol. The third kappa shape index (κ3) is 5.79. The van der Waals surface area contributed by atoms with Crippen molar-refractivity contribution in [1.82, 2.24) is 4.98 Å². The summed E-state index contributed by atoms with van der Waals surface area (Å²) in [7, 11) is 0. The van der Waals surface area contributed by atoms with Gasteiger partial charge in [-0.05, 0) is 48.0 Å². The summed E-state index contributed by atoms with van der Waals surface area (Å²) >= 11 is 7.60. The molecular weight excluding hydrogens is 413 g/mol. The Morgan fingerprint density at radius 2 is 1.86 bits per heavy atom. The summed E-state index contributed by atoms with van der Waals surface area (Å²) in [6.07, 6.45) is 1.61. The Morgan fingerprint density at radius 3 is 2.55 bits per heavy atom. The van der Waals surface area contributed by atoms with Crippen LogP contribution in [0.4, 0.5) is 15.8 Å². The van der Waals surface area contributed by atoms with Crippen LogP contribution in [0.2, 0.25) is 5.02 Å². The summed E-state index contributed by atoms with van der Waals surface area (Å²) in [6.45, 7) is 1.40. The minimum Gasteiger partial charge on any atom is -0.326 e. The molecule has 0 unspecified atom stereocenters.